The van der Waals surface area contributed by atoms with Gasteiger partial charge in [-0.05, 0) is 36.6 Å². The molecule has 0 fully saturated rings. The molecule has 106 valence electrons. The van der Waals surface area contributed by atoms with Crippen LogP contribution in [0.25, 0.3) is 0 Å². The minimum atomic E-state index is -0.406. The number of aryl methyl sites for hydroxylation is 1. The normalized spacial score (nSPS) is 13.5. The number of amides is 1. The summed E-state index contributed by atoms with van der Waals surface area (Å²) in [5.41, 5.74) is 2.64. The van der Waals surface area contributed by atoms with E-state index in [9.17, 15) is 14.0 Å². The fourth-order valence-electron chi connectivity index (χ4n) is 2.45. The summed E-state index contributed by atoms with van der Waals surface area (Å²) in [6.45, 7) is 2.26. The molecule has 2 aromatic carbocycles. The Morgan fingerprint density at radius 3 is 2.62 bits per heavy atom. The van der Waals surface area contributed by atoms with E-state index in [2.05, 4.69) is 5.32 Å². The molecule has 0 aliphatic carbocycles. The lowest BCUT2D eigenvalue weighted by Crippen LogP contribution is -2.32. The maximum absolute atomic E-state index is 13.6. The molecule has 0 spiro atoms. The highest BCUT2D eigenvalue weighted by Gasteiger charge is 2.19. The first-order valence-electron chi connectivity index (χ1n) is 6.78. The van der Waals surface area contributed by atoms with Crippen LogP contribution in [0.5, 0.6) is 0 Å². The number of hydrogen-bond donors (Lipinski definition) is 1. The van der Waals surface area contributed by atoms with E-state index in [0.717, 1.165) is 12.0 Å². The van der Waals surface area contributed by atoms with E-state index in [1.54, 1.807) is 37.3 Å². The van der Waals surface area contributed by atoms with Crippen LogP contribution < -0.4 is 5.32 Å². The first kappa shape index (κ1) is 13.5. The molecule has 3 rings (SSSR count). The van der Waals surface area contributed by atoms with Crippen molar-refractivity contribution in [2.75, 3.05) is 6.54 Å². The standard InChI is InChI=1S/C17H14FNO2/c1-10-2-3-13(9-15(10)18)16(20)12-5-4-11-6-7-19-17(21)14(11)8-12/h2-5,8-9H,6-7H2,1H3,(H,19,21). The van der Waals surface area contributed by atoms with Crippen LogP contribution >= 0.6 is 0 Å². The van der Waals surface area contributed by atoms with Crippen molar-refractivity contribution >= 4 is 11.7 Å². The van der Waals surface area contributed by atoms with Crippen LogP contribution in [-0.2, 0) is 6.42 Å². The summed E-state index contributed by atoms with van der Waals surface area (Å²) >= 11 is 0. The molecule has 1 N–H and O–H groups in total. The number of carbonyl (C=O) groups excluding carboxylic acids is 2. The number of nitrogens with one attached hydrogen (secondary N) is 1. The fraction of sp³-hybridized carbons (Fsp3) is 0.176. The van der Waals surface area contributed by atoms with E-state index in [-0.39, 0.29) is 17.3 Å². The summed E-state index contributed by atoms with van der Waals surface area (Å²) in [4.78, 5) is 24.2. The van der Waals surface area contributed by atoms with E-state index in [1.165, 1.54) is 6.07 Å². The van der Waals surface area contributed by atoms with Gasteiger partial charge in [0.25, 0.3) is 5.91 Å². The summed E-state index contributed by atoms with van der Waals surface area (Å²) in [6.07, 6.45) is 0.759. The van der Waals surface area contributed by atoms with Crippen LogP contribution in [0.15, 0.2) is 36.4 Å². The lowest BCUT2D eigenvalue weighted by atomic mass is 9.94. The first-order chi connectivity index (χ1) is 10.1. The van der Waals surface area contributed by atoms with E-state index >= 15 is 0 Å². The van der Waals surface area contributed by atoms with Crippen molar-refractivity contribution in [2.45, 2.75) is 13.3 Å². The van der Waals surface area contributed by atoms with Crippen LogP contribution in [0.3, 0.4) is 0 Å². The van der Waals surface area contributed by atoms with Crippen LogP contribution in [0.1, 0.15) is 37.4 Å². The molecule has 0 aromatic heterocycles. The zero-order valence-corrected chi connectivity index (χ0v) is 11.6. The highest BCUT2D eigenvalue weighted by Crippen LogP contribution is 2.19. The maximum Gasteiger partial charge on any atom is 0.251 e. The third kappa shape index (κ3) is 2.44. The molecular formula is C17H14FNO2. The van der Waals surface area contributed by atoms with Crippen molar-refractivity contribution < 1.29 is 14.0 Å². The van der Waals surface area contributed by atoms with Gasteiger partial charge in [-0.1, -0.05) is 24.3 Å². The minimum absolute atomic E-state index is 0.166. The molecule has 0 saturated carbocycles. The lowest BCUT2D eigenvalue weighted by Gasteiger charge is -2.16. The summed E-state index contributed by atoms with van der Waals surface area (Å²) in [7, 11) is 0. The molecule has 1 aliphatic heterocycles. The minimum Gasteiger partial charge on any atom is -0.352 e. The SMILES string of the molecule is Cc1ccc(C(=O)c2ccc3c(c2)C(=O)NCC3)cc1F. The molecule has 21 heavy (non-hydrogen) atoms. The summed E-state index contributed by atoms with van der Waals surface area (Å²) < 4.78 is 13.6. The number of halogens is 1. The zero-order valence-electron chi connectivity index (χ0n) is 11.6. The van der Waals surface area contributed by atoms with Crippen molar-refractivity contribution in [1.29, 1.82) is 0 Å². The Morgan fingerprint density at radius 1 is 1.14 bits per heavy atom. The van der Waals surface area contributed by atoms with Crippen LogP contribution in [-0.4, -0.2) is 18.2 Å². The summed E-state index contributed by atoms with van der Waals surface area (Å²) in [6, 6.07) is 9.48. The van der Waals surface area contributed by atoms with Crippen LogP contribution in [0, 0.1) is 12.7 Å². The van der Waals surface area contributed by atoms with Crippen LogP contribution in [0.2, 0.25) is 0 Å². The van der Waals surface area contributed by atoms with Gasteiger partial charge in [0.2, 0.25) is 0 Å². The van der Waals surface area contributed by atoms with Gasteiger partial charge in [-0.3, -0.25) is 9.59 Å². The average Bonchev–Trinajstić information content (AvgIpc) is 2.49. The molecule has 4 heteroatoms. The van der Waals surface area contributed by atoms with Gasteiger partial charge in [0.05, 0.1) is 0 Å². The molecule has 3 nitrogen and oxygen atoms in total. The Bertz CT molecular complexity index is 752. The van der Waals surface area contributed by atoms with Gasteiger partial charge in [0.1, 0.15) is 5.82 Å². The second-order valence-electron chi connectivity index (χ2n) is 5.17. The van der Waals surface area contributed by atoms with Gasteiger partial charge in [-0.2, -0.15) is 0 Å². The number of ketones is 1. The Kier molecular flexibility index (Phi) is 3.29. The number of rotatable bonds is 2. The molecule has 0 radical (unpaired) electrons. The van der Waals surface area contributed by atoms with E-state index in [0.29, 0.717) is 23.2 Å². The third-order valence-electron chi connectivity index (χ3n) is 3.73. The predicted molar refractivity (Wildman–Crippen MR) is 77.0 cm³/mol. The van der Waals surface area contributed by atoms with Gasteiger partial charge in [0, 0.05) is 23.2 Å². The second-order valence-corrected chi connectivity index (χ2v) is 5.17. The number of carbonyl (C=O) groups is 2. The van der Waals surface area contributed by atoms with Crippen molar-refractivity contribution in [3.8, 4) is 0 Å². The van der Waals surface area contributed by atoms with Gasteiger partial charge in [-0.15, -0.1) is 0 Å². The topological polar surface area (TPSA) is 46.2 Å². The Morgan fingerprint density at radius 2 is 1.86 bits per heavy atom. The molecule has 2 aromatic rings. The fourth-order valence-corrected chi connectivity index (χ4v) is 2.45. The van der Waals surface area contributed by atoms with Crippen molar-refractivity contribution in [3.63, 3.8) is 0 Å². The number of hydrogen-bond acceptors (Lipinski definition) is 2. The lowest BCUT2D eigenvalue weighted by molar-refractivity contribution is 0.0946. The maximum atomic E-state index is 13.6. The highest BCUT2D eigenvalue weighted by atomic mass is 19.1. The van der Waals surface area contributed by atoms with Crippen molar-refractivity contribution in [2.24, 2.45) is 0 Å². The van der Waals surface area contributed by atoms with Crippen LogP contribution in [0.4, 0.5) is 4.39 Å². The molecule has 0 bridgehead atoms. The summed E-state index contributed by atoms with van der Waals surface area (Å²) in [5, 5.41) is 2.75. The van der Waals surface area contributed by atoms with Crippen molar-refractivity contribution in [3.05, 3.63) is 70.0 Å². The van der Waals surface area contributed by atoms with Gasteiger partial charge in [-0.25, -0.2) is 4.39 Å². The van der Waals surface area contributed by atoms with Gasteiger partial charge in [0.15, 0.2) is 5.78 Å². The zero-order chi connectivity index (χ0) is 15.0. The summed E-state index contributed by atoms with van der Waals surface area (Å²) in [5.74, 6) is -0.854. The smallest absolute Gasteiger partial charge is 0.251 e. The quantitative estimate of drug-likeness (QED) is 0.861. The molecule has 1 amide bonds. The van der Waals surface area contributed by atoms with E-state index in [1.807, 2.05) is 0 Å². The molecule has 0 saturated heterocycles. The Balaban J connectivity index is 2.00. The molecular weight excluding hydrogens is 269 g/mol. The Labute approximate surface area is 121 Å². The predicted octanol–water partition coefficient (Wildman–Crippen LogP) is 2.65. The van der Waals surface area contributed by atoms with Gasteiger partial charge >= 0.3 is 0 Å². The van der Waals surface area contributed by atoms with E-state index < -0.39 is 5.82 Å². The van der Waals surface area contributed by atoms with E-state index in [4.69, 9.17) is 0 Å². The largest absolute Gasteiger partial charge is 0.352 e. The molecule has 1 aliphatic rings. The second kappa shape index (κ2) is 5.13. The van der Waals surface area contributed by atoms with Gasteiger partial charge < -0.3 is 5.32 Å². The molecule has 0 unspecified atom stereocenters. The number of fused-ring (bicyclic) bond motifs is 1. The Hall–Kier alpha value is -2.49. The molecule has 0 atom stereocenters. The average molecular weight is 283 g/mol. The molecule has 1 heterocycles. The highest BCUT2D eigenvalue weighted by molar-refractivity contribution is 6.10. The monoisotopic (exact) mass is 283 g/mol. The van der Waals surface area contributed by atoms with Crippen molar-refractivity contribution in [1.82, 2.24) is 5.32 Å². The first-order valence-corrected chi connectivity index (χ1v) is 6.78. The number of benzene rings is 2. The third-order valence-corrected chi connectivity index (χ3v) is 3.73.